The summed E-state index contributed by atoms with van der Waals surface area (Å²) in [6.45, 7) is 8.23. The molecular weight excluding hydrogens is 561 g/mol. The number of hydrogen-bond donors (Lipinski definition) is 2. The van der Waals surface area contributed by atoms with E-state index in [1.165, 1.54) is 17.8 Å². The summed E-state index contributed by atoms with van der Waals surface area (Å²) in [4.78, 5) is 25.0. The van der Waals surface area contributed by atoms with Gasteiger partial charge in [0, 0.05) is 22.3 Å². The van der Waals surface area contributed by atoms with Gasteiger partial charge in [0.15, 0.2) is 11.0 Å². The average molecular weight is 583 g/mol. The van der Waals surface area contributed by atoms with E-state index in [1.807, 2.05) is 26.0 Å². The molecule has 0 unspecified atom stereocenters. The van der Waals surface area contributed by atoms with Gasteiger partial charge in [0.1, 0.15) is 0 Å². The predicted octanol–water partition coefficient (Wildman–Crippen LogP) is 5.81. The number of allylic oxidation sites excluding steroid dienone is 1. The van der Waals surface area contributed by atoms with Gasteiger partial charge in [-0.15, -0.1) is 16.8 Å². The number of carbonyl (C=O) groups excluding carboxylic acids is 2. The van der Waals surface area contributed by atoms with E-state index in [1.54, 1.807) is 22.8 Å². The largest absolute Gasteiger partial charge is 0.345 e. The van der Waals surface area contributed by atoms with E-state index < -0.39 is 0 Å². The summed E-state index contributed by atoms with van der Waals surface area (Å²) in [5, 5.41) is 15.4. The topological polar surface area (TPSA) is 88.9 Å². The first-order valence-electron chi connectivity index (χ1n) is 10.1. The van der Waals surface area contributed by atoms with Gasteiger partial charge in [-0.1, -0.05) is 57.0 Å². The maximum absolute atomic E-state index is 12.6. The van der Waals surface area contributed by atoms with Gasteiger partial charge in [0.2, 0.25) is 5.91 Å². The first-order valence-corrected chi connectivity index (χ1v) is 12.7. The number of rotatable bonds is 9. The Balaban J connectivity index is 1.64. The van der Waals surface area contributed by atoms with E-state index in [0.29, 0.717) is 33.1 Å². The van der Waals surface area contributed by atoms with Crippen molar-refractivity contribution in [3.63, 3.8) is 0 Å². The maximum atomic E-state index is 12.6. The van der Waals surface area contributed by atoms with E-state index in [0.717, 1.165) is 21.3 Å². The van der Waals surface area contributed by atoms with Crippen molar-refractivity contribution < 1.29 is 9.59 Å². The van der Waals surface area contributed by atoms with Crippen LogP contribution in [0.5, 0.6) is 0 Å². The number of nitrogens with one attached hydrogen (secondary N) is 2. The third-order valence-electron chi connectivity index (χ3n) is 4.79. The van der Waals surface area contributed by atoms with Crippen LogP contribution in [0.25, 0.3) is 0 Å². The number of anilines is 1. The number of aryl methyl sites for hydroxylation is 2. The maximum Gasteiger partial charge on any atom is 0.251 e. The molecule has 0 bridgehead atoms. The lowest BCUT2D eigenvalue weighted by Gasteiger charge is -2.12. The number of carbonyl (C=O) groups is 2. The molecule has 11 heteroatoms. The van der Waals surface area contributed by atoms with E-state index in [9.17, 15) is 9.59 Å². The molecule has 0 aliphatic heterocycles. The SMILES string of the molecule is C=CCn1c(CNC(=O)c2ccc(Cl)c(Cl)c2)nnc1SCC(=O)Nc1c(C)cc(Br)cc1C. The van der Waals surface area contributed by atoms with Crippen molar-refractivity contribution in [1.29, 1.82) is 0 Å². The van der Waals surface area contributed by atoms with E-state index in [-0.39, 0.29) is 24.1 Å². The lowest BCUT2D eigenvalue weighted by Crippen LogP contribution is -2.25. The highest BCUT2D eigenvalue weighted by Crippen LogP contribution is 2.26. The van der Waals surface area contributed by atoms with Gasteiger partial charge in [-0.25, -0.2) is 0 Å². The molecule has 0 aliphatic carbocycles. The van der Waals surface area contributed by atoms with Crippen LogP contribution in [0.15, 0.2) is 52.6 Å². The van der Waals surface area contributed by atoms with E-state index in [2.05, 4.69) is 43.3 Å². The highest BCUT2D eigenvalue weighted by molar-refractivity contribution is 9.10. The fraction of sp³-hybridized carbons (Fsp3) is 0.217. The van der Waals surface area contributed by atoms with Gasteiger partial charge in [0.05, 0.1) is 22.3 Å². The van der Waals surface area contributed by atoms with Crippen LogP contribution in [0.3, 0.4) is 0 Å². The monoisotopic (exact) mass is 581 g/mol. The Morgan fingerprint density at radius 1 is 1.15 bits per heavy atom. The molecule has 1 aromatic heterocycles. The zero-order valence-electron chi connectivity index (χ0n) is 18.5. The van der Waals surface area contributed by atoms with Crippen LogP contribution in [0.2, 0.25) is 10.0 Å². The molecule has 0 spiro atoms. The van der Waals surface area contributed by atoms with Crippen molar-refractivity contribution in [3.8, 4) is 0 Å². The number of benzene rings is 2. The minimum atomic E-state index is -0.319. The molecule has 2 amide bonds. The van der Waals surface area contributed by atoms with E-state index in [4.69, 9.17) is 23.2 Å². The summed E-state index contributed by atoms with van der Waals surface area (Å²) < 4.78 is 2.77. The number of halogens is 3. The molecular formula is C23H22BrCl2N5O2S. The van der Waals surface area contributed by atoms with Gasteiger partial charge in [-0.2, -0.15) is 0 Å². The predicted molar refractivity (Wildman–Crippen MR) is 141 cm³/mol. The van der Waals surface area contributed by atoms with Crippen molar-refractivity contribution in [1.82, 2.24) is 20.1 Å². The fourth-order valence-corrected chi connectivity index (χ4v) is 4.93. The Morgan fingerprint density at radius 3 is 2.50 bits per heavy atom. The molecule has 0 fully saturated rings. The summed E-state index contributed by atoms with van der Waals surface area (Å²) >= 11 is 16.6. The highest BCUT2D eigenvalue weighted by Gasteiger charge is 2.16. The first kappa shape index (κ1) is 26.3. The molecule has 1 heterocycles. The highest BCUT2D eigenvalue weighted by atomic mass is 79.9. The van der Waals surface area contributed by atoms with Crippen LogP contribution >= 0.6 is 50.9 Å². The van der Waals surface area contributed by atoms with E-state index >= 15 is 0 Å². The lowest BCUT2D eigenvalue weighted by atomic mass is 10.1. The molecule has 34 heavy (non-hydrogen) atoms. The normalized spacial score (nSPS) is 10.7. The van der Waals surface area contributed by atoms with Crippen molar-refractivity contribution in [3.05, 3.63) is 80.0 Å². The number of nitrogens with zero attached hydrogens (tertiary/aromatic N) is 3. The molecule has 0 saturated heterocycles. The molecule has 3 rings (SSSR count). The smallest absolute Gasteiger partial charge is 0.251 e. The summed E-state index contributed by atoms with van der Waals surface area (Å²) in [7, 11) is 0. The molecule has 0 atom stereocenters. The second kappa shape index (κ2) is 11.9. The van der Waals surface area contributed by atoms with Crippen molar-refractivity contribution in [2.75, 3.05) is 11.1 Å². The van der Waals surface area contributed by atoms with Crippen LogP contribution < -0.4 is 10.6 Å². The molecule has 0 radical (unpaired) electrons. The quantitative estimate of drug-likeness (QED) is 0.245. The van der Waals surface area contributed by atoms with Gasteiger partial charge in [0.25, 0.3) is 5.91 Å². The lowest BCUT2D eigenvalue weighted by molar-refractivity contribution is -0.113. The van der Waals surface area contributed by atoms with Gasteiger partial charge < -0.3 is 15.2 Å². The van der Waals surface area contributed by atoms with Crippen LogP contribution in [-0.2, 0) is 17.9 Å². The average Bonchev–Trinajstić information content (AvgIpc) is 3.16. The molecule has 0 saturated carbocycles. The fourth-order valence-electron chi connectivity index (χ4n) is 3.18. The number of amides is 2. The number of thioether (sulfide) groups is 1. The second-order valence-corrected chi connectivity index (χ2v) is 10.0. The first-order chi connectivity index (χ1) is 16.2. The molecule has 2 aromatic carbocycles. The Hall–Kier alpha value is -2.33. The van der Waals surface area contributed by atoms with Crippen molar-refractivity contribution >= 4 is 68.4 Å². The van der Waals surface area contributed by atoms with Crippen molar-refractivity contribution in [2.45, 2.75) is 32.1 Å². The van der Waals surface area contributed by atoms with Crippen molar-refractivity contribution in [2.24, 2.45) is 0 Å². The molecule has 2 N–H and O–H groups in total. The van der Waals surface area contributed by atoms with Crippen LogP contribution in [0.1, 0.15) is 27.3 Å². The number of hydrogen-bond acceptors (Lipinski definition) is 5. The van der Waals surface area contributed by atoms with Gasteiger partial charge in [-0.05, 0) is 55.3 Å². The van der Waals surface area contributed by atoms with Crippen LogP contribution in [0, 0.1) is 13.8 Å². The Kier molecular flexibility index (Phi) is 9.18. The Bertz CT molecular complexity index is 1230. The summed E-state index contributed by atoms with van der Waals surface area (Å²) in [6.07, 6.45) is 1.70. The standard InChI is InChI=1S/C23H22BrCl2N5O2S/c1-4-7-31-19(11-27-22(33)15-5-6-17(25)18(26)10-15)29-30-23(31)34-12-20(32)28-21-13(2)8-16(24)9-14(21)3/h4-6,8-10H,1,7,11-12H2,2-3H3,(H,27,33)(H,28,32). The summed E-state index contributed by atoms with van der Waals surface area (Å²) in [6, 6.07) is 8.56. The number of aromatic nitrogens is 3. The van der Waals surface area contributed by atoms with Gasteiger partial charge >= 0.3 is 0 Å². The second-order valence-electron chi connectivity index (χ2n) is 7.36. The Labute approximate surface area is 220 Å². The third kappa shape index (κ3) is 6.63. The zero-order chi connectivity index (χ0) is 24.8. The third-order valence-corrected chi connectivity index (χ3v) is 6.95. The minimum Gasteiger partial charge on any atom is -0.345 e. The Morgan fingerprint density at radius 2 is 1.85 bits per heavy atom. The summed E-state index contributed by atoms with van der Waals surface area (Å²) in [5.41, 5.74) is 3.13. The minimum absolute atomic E-state index is 0.143. The summed E-state index contributed by atoms with van der Waals surface area (Å²) in [5.74, 6) is 0.220. The molecule has 3 aromatic rings. The molecule has 178 valence electrons. The molecule has 7 nitrogen and oxygen atoms in total. The van der Waals surface area contributed by atoms with Crippen LogP contribution in [0.4, 0.5) is 5.69 Å². The molecule has 0 aliphatic rings. The zero-order valence-corrected chi connectivity index (χ0v) is 22.4. The van der Waals surface area contributed by atoms with Gasteiger partial charge in [-0.3, -0.25) is 9.59 Å². The van der Waals surface area contributed by atoms with Crippen LogP contribution in [-0.4, -0.2) is 32.3 Å².